The molecule has 0 spiro atoms. The summed E-state index contributed by atoms with van der Waals surface area (Å²) in [5.74, 6) is 1.20. The molecule has 0 radical (unpaired) electrons. The number of hydrogen-bond acceptors (Lipinski definition) is 6. The van der Waals surface area contributed by atoms with Crippen molar-refractivity contribution in [2.75, 3.05) is 55.7 Å². The minimum absolute atomic E-state index is 0.0503. The van der Waals surface area contributed by atoms with Crippen molar-refractivity contribution in [3.63, 3.8) is 0 Å². The van der Waals surface area contributed by atoms with Crippen molar-refractivity contribution < 1.29 is 13.9 Å². The molecule has 0 N–H and O–H groups in total. The van der Waals surface area contributed by atoms with E-state index >= 15 is 4.39 Å². The Labute approximate surface area is 231 Å². The third-order valence-electron chi connectivity index (χ3n) is 8.45. The molecular formula is C31H31FN4O2S. The smallest absolute Gasteiger partial charge is 0.268 e. The summed E-state index contributed by atoms with van der Waals surface area (Å²) in [6.07, 6.45) is 0. The number of aromatic nitrogens is 1. The van der Waals surface area contributed by atoms with Gasteiger partial charge < -0.3 is 14.5 Å². The predicted octanol–water partition coefficient (Wildman–Crippen LogP) is 5.30. The number of benzene rings is 2. The number of morpholine rings is 1. The van der Waals surface area contributed by atoms with Crippen LogP contribution in [0.4, 0.5) is 15.8 Å². The number of likely N-dealkylation sites (tertiary alicyclic amines) is 1. The molecule has 0 bridgehead atoms. The van der Waals surface area contributed by atoms with E-state index in [1.807, 2.05) is 46.7 Å². The van der Waals surface area contributed by atoms with Gasteiger partial charge in [0.15, 0.2) is 0 Å². The van der Waals surface area contributed by atoms with E-state index in [0.717, 1.165) is 36.2 Å². The lowest BCUT2D eigenvalue weighted by atomic mass is 10.1. The Hall–Kier alpha value is -3.33. The second kappa shape index (κ2) is 10.3. The van der Waals surface area contributed by atoms with E-state index in [1.54, 1.807) is 4.90 Å². The zero-order valence-electron chi connectivity index (χ0n) is 21.7. The maximum atomic E-state index is 15.3. The zero-order valence-corrected chi connectivity index (χ0v) is 22.5. The second-order valence-corrected chi connectivity index (χ2v) is 11.8. The SMILES string of the molecule is O=C(c1cccs1)N(CC1C2CN(Cc3ccc4ccccc4n3)CC21)c1ccc(N2CCOCC2)c(F)c1. The van der Waals surface area contributed by atoms with Crippen LogP contribution < -0.4 is 9.80 Å². The Balaban J connectivity index is 1.05. The van der Waals surface area contributed by atoms with Gasteiger partial charge in [-0.15, -0.1) is 11.3 Å². The Morgan fingerprint density at radius 3 is 2.62 bits per heavy atom. The molecule has 2 unspecified atom stereocenters. The van der Waals surface area contributed by atoms with Crippen LogP contribution >= 0.6 is 11.3 Å². The van der Waals surface area contributed by atoms with Gasteiger partial charge in [0.2, 0.25) is 0 Å². The molecule has 4 aromatic rings. The van der Waals surface area contributed by atoms with E-state index in [4.69, 9.17) is 9.72 Å². The quantitative estimate of drug-likeness (QED) is 0.317. The topological polar surface area (TPSA) is 48.9 Å². The summed E-state index contributed by atoms with van der Waals surface area (Å²) >= 11 is 1.43. The summed E-state index contributed by atoms with van der Waals surface area (Å²) in [6.45, 7) is 6.02. The molecule has 6 nitrogen and oxygen atoms in total. The molecule has 2 aromatic carbocycles. The van der Waals surface area contributed by atoms with Gasteiger partial charge in [-0.25, -0.2) is 4.39 Å². The van der Waals surface area contributed by atoms with Crippen LogP contribution in [0.25, 0.3) is 10.9 Å². The number of nitrogens with zero attached hydrogens (tertiary/aromatic N) is 4. The number of ether oxygens (including phenoxy) is 1. The Morgan fingerprint density at radius 1 is 1.03 bits per heavy atom. The summed E-state index contributed by atoms with van der Waals surface area (Å²) in [6, 6.07) is 21.5. The Morgan fingerprint density at radius 2 is 1.85 bits per heavy atom. The lowest BCUT2D eigenvalue weighted by Crippen LogP contribution is -2.37. The molecule has 3 aliphatic rings. The Kier molecular flexibility index (Phi) is 6.54. The number of rotatable bonds is 7. The van der Waals surface area contributed by atoms with Crippen molar-refractivity contribution in [1.82, 2.24) is 9.88 Å². The minimum atomic E-state index is -0.288. The lowest BCUT2D eigenvalue weighted by Gasteiger charge is -2.30. The van der Waals surface area contributed by atoms with E-state index in [-0.39, 0.29) is 11.7 Å². The number of pyridine rings is 1. The third kappa shape index (κ3) is 4.93. The van der Waals surface area contributed by atoms with Crippen LogP contribution in [-0.4, -0.2) is 61.7 Å². The van der Waals surface area contributed by atoms with E-state index in [1.165, 1.54) is 17.4 Å². The van der Waals surface area contributed by atoms with Gasteiger partial charge in [0.25, 0.3) is 5.91 Å². The van der Waals surface area contributed by atoms with Crippen molar-refractivity contribution in [1.29, 1.82) is 0 Å². The highest BCUT2D eigenvalue weighted by Crippen LogP contribution is 2.52. The van der Waals surface area contributed by atoms with Crippen molar-refractivity contribution in [3.8, 4) is 0 Å². The van der Waals surface area contributed by atoms with Crippen LogP contribution in [0.1, 0.15) is 15.4 Å². The number of para-hydroxylation sites is 1. The van der Waals surface area contributed by atoms with Gasteiger partial charge >= 0.3 is 0 Å². The summed E-state index contributed by atoms with van der Waals surface area (Å²) in [7, 11) is 0. The van der Waals surface area contributed by atoms with Gasteiger partial charge in [-0.05, 0) is 59.5 Å². The van der Waals surface area contributed by atoms with Crippen LogP contribution in [0.3, 0.4) is 0 Å². The Bertz CT molecular complexity index is 1480. The summed E-state index contributed by atoms with van der Waals surface area (Å²) in [5, 5.41) is 3.08. The van der Waals surface area contributed by atoms with Crippen LogP contribution in [0.2, 0.25) is 0 Å². The van der Waals surface area contributed by atoms with E-state index < -0.39 is 0 Å². The summed E-state index contributed by atoms with van der Waals surface area (Å²) in [5.41, 5.74) is 3.33. The molecule has 2 aromatic heterocycles. The molecule has 3 fully saturated rings. The van der Waals surface area contributed by atoms with Crippen molar-refractivity contribution in [2.45, 2.75) is 6.54 Å². The fourth-order valence-corrected chi connectivity index (χ4v) is 7.01. The number of halogens is 1. The van der Waals surface area contributed by atoms with E-state index in [0.29, 0.717) is 66.9 Å². The number of hydrogen-bond donors (Lipinski definition) is 0. The summed E-state index contributed by atoms with van der Waals surface area (Å²) < 4.78 is 20.7. The molecule has 1 amide bonds. The lowest BCUT2D eigenvalue weighted by molar-refractivity contribution is 0.0988. The van der Waals surface area contributed by atoms with Gasteiger partial charge in [0, 0.05) is 50.3 Å². The first-order valence-electron chi connectivity index (χ1n) is 13.7. The largest absolute Gasteiger partial charge is 0.378 e. The molecule has 39 heavy (non-hydrogen) atoms. The van der Waals surface area contributed by atoms with Crippen molar-refractivity contribution in [2.24, 2.45) is 17.8 Å². The molecule has 8 heteroatoms. The molecule has 7 rings (SSSR count). The first kappa shape index (κ1) is 24.7. The molecule has 1 aliphatic carbocycles. The van der Waals surface area contributed by atoms with Gasteiger partial charge in [0.1, 0.15) is 5.82 Å². The normalized spacial score (nSPS) is 22.7. The van der Waals surface area contributed by atoms with Crippen LogP contribution in [-0.2, 0) is 11.3 Å². The maximum absolute atomic E-state index is 15.3. The first-order chi connectivity index (χ1) is 19.1. The monoisotopic (exact) mass is 542 g/mol. The molecule has 2 saturated heterocycles. The number of fused-ring (bicyclic) bond motifs is 2. The third-order valence-corrected chi connectivity index (χ3v) is 9.31. The fraction of sp³-hybridized carbons (Fsp3) is 0.355. The first-order valence-corrected chi connectivity index (χ1v) is 14.6. The number of thiophene rings is 1. The number of anilines is 2. The predicted molar refractivity (Wildman–Crippen MR) is 153 cm³/mol. The van der Waals surface area contributed by atoms with Crippen molar-refractivity contribution >= 4 is 39.5 Å². The molecule has 4 heterocycles. The van der Waals surface area contributed by atoms with Crippen LogP contribution in [0.15, 0.2) is 72.1 Å². The number of amides is 1. The standard InChI is InChI=1S/C31H31FN4O2S/c32-27-16-23(9-10-29(27)35-11-13-38-14-12-35)36(31(37)30-6-3-15-39-30)20-26-24-18-34(19-25(24)26)17-22-8-7-21-4-1-2-5-28(21)33-22/h1-10,15-16,24-26H,11-14,17-20H2. The maximum Gasteiger partial charge on any atom is 0.268 e. The van der Waals surface area contributed by atoms with Gasteiger partial charge in [-0.2, -0.15) is 0 Å². The van der Waals surface area contributed by atoms with Crippen molar-refractivity contribution in [3.05, 3.63) is 88.5 Å². The van der Waals surface area contributed by atoms with Gasteiger partial charge in [-0.1, -0.05) is 30.3 Å². The molecule has 2 aliphatic heterocycles. The fourth-order valence-electron chi connectivity index (χ4n) is 6.34. The number of carbonyl (C=O) groups is 1. The highest BCUT2D eigenvalue weighted by atomic mass is 32.1. The zero-order chi connectivity index (χ0) is 26.3. The van der Waals surface area contributed by atoms with E-state index in [2.05, 4.69) is 29.2 Å². The van der Waals surface area contributed by atoms with Gasteiger partial charge in [0.05, 0.1) is 35.0 Å². The van der Waals surface area contributed by atoms with E-state index in [9.17, 15) is 4.79 Å². The molecule has 2 atom stereocenters. The molecule has 200 valence electrons. The van der Waals surface area contributed by atoms with Crippen LogP contribution in [0.5, 0.6) is 0 Å². The minimum Gasteiger partial charge on any atom is -0.378 e. The average Bonchev–Trinajstić information content (AvgIpc) is 3.34. The molecule has 1 saturated carbocycles. The van der Waals surface area contributed by atoms with Crippen LogP contribution in [0, 0.1) is 23.6 Å². The summed E-state index contributed by atoms with van der Waals surface area (Å²) in [4.78, 5) is 25.4. The average molecular weight is 543 g/mol. The number of carbonyl (C=O) groups excluding carboxylic acids is 1. The molecular weight excluding hydrogens is 511 g/mol. The van der Waals surface area contributed by atoms with Gasteiger partial charge in [-0.3, -0.25) is 14.7 Å². The highest BCUT2D eigenvalue weighted by Gasteiger charge is 2.56. The number of piperidine rings is 1. The highest BCUT2D eigenvalue weighted by molar-refractivity contribution is 7.12. The second-order valence-electron chi connectivity index (χ2n) is 10.8.